The van der Waals surface area contributed by atoms with E-state index in [0.29, 0.717) is 12.1 Å². The van der Waals surface area contributed by atoms with Crippen LogP contribution in [0.2, 0.25) is 0 Å². The second-order valence-electron chi connectivity index (χ2n) is 6.21. The molecule has 1 N–H and O–H groups in total. The van der Waals surface area contributed by atoms with Crippen molar-refractivity contribution in [1.82, 2.24) is 10.2 Å². The fraction of sp³-hybridized carbons (Fsp3) is 1.00. The van der Waals surface area contributed by atoms with Crippen LogP contribution in [-0.4, -0.2) is 49.3 Å². The van der Waals surface area contributed by atoms with Crippen molar-refractivity contribution >= 4 is 0 Å². The number of nitrogens with one attached hydrogen (secondary N) is 1. The largest absolute Gasteiger partial charge is 0.378 e. The molecule has 0 aromatic carbocycles. The summed E-state index contributed by atoms with van der Waals surface area (Å²) in [5.74, 6) is 0.748. The highest BCUT2D eigenvalue weighted by Gasteiger charge is 2.31. The predicted molar refractivity (Wildman–Crippen MR) is 75.9 cm³/mol. The minimum Gasteiger partial charge on any atom is -0.378 e. The molecule has 2 aliphatic rings. The summed E-state index contributed by atoms with van der Waals surface area (Å²) in [5, 5.41) is 3.74. The maximum absolute atomic E-state index is 5.61. The van der Waals surface area contributed by atoms with Crippen molar-refractivity contribution in [1.29, 1.82) is 0 Å². The molecule has 0 radical (unpaired) electrons. The lowest BCUT2D eigenvalue weighted by molar-refractivity contribution is -0.0117. The molecule has 1 heterocycles. The summed E-state index contributed by atoms with van der Waals surface area (Å²) in [6.07, 6.45) is 5.71. The lowest BCUT2D eigenvalue weighted by Crippen LogP contribution is -2.51. The van der Waals surface area contributed by atoms with Crippen molar-refractivity contribution in [3.8, 4) is 0 Å². The van der Waals surface area contributed by atoms with Crippen LogP contribution in [-0.2, 0) is 4.74 Å². The molecule has 1 unspecified atom stereocenters. The zero-order valence-electron chi connectivity index (χ0n) is 12.3. The van der Waals surface area contributed by atoms with Crippen LogP contribution in [0.15, 0.2) is 0 Å². The molecule has 0 aromatic heterocycles. The Balaban J connectivity index is 1.67. The molecule has 1 aliphatic heterocycles. The van der Waals surface area contributed by atoms with Crippen LogP contribution in [0.3, 0.4) is 0 Å². The molecule has 0 spiro atoms. The first-order valence-electron chi connectivity index (χ1n) is 7.79. The fourth-order valence-corrected chi connectivity index (χ4v) is 3.25. The predicted octanol–water partition coefficient (Wildman–Crippen LogP) is 2.26. The van der Waals surface area contributed by atoms with E-state index in [-0.39, 0.29) is 0 Å². The van der Waals surface area contributed by atoms with Crippen LogP contribution in [0.1, 0.15) is 46.5 Å². The lowest BCUT2D eigenvalue weighted by Gasteiger charge is -2.38. The topological polar surface area (TPSA) is 24.5 Å². The summed E-state index contributed by atoms with van der Waals surface area (Å²) in [5.41, 5.74) is 0. The van der Waals surface area contributed by atoms with Gasteiger partial charge in [-0.1, -0.05) is 13.8 Å². The van der Waals surface area contributed by atoms with E-state index in [2.05, 4.69) is 31.0 Å². The van der Waals surface area contributed by atoms with Crippen LogP contribution in [0.5, 0.6) is 0 Å². The van der Waals surface area contributed by atoms with Crippen molar-refractivity contribution in [3.63, 3.8) is 0 Å². The van der Waals surface area contributed by atoms with E-state index in [1.807, 2.05) is 0 Å². The van der Waals surface area contributed by atoms with Crippen LogP contribution < -0.4 is 5.32 Å². The van der Waals surface area contributed by atoms with Gasteiger partial charge in [0.25, 0.3) is 0 Å². The van der Waals surface area contributed by atoms with Crippen molar-refractivity contribution in [2.75, 3.05) is 26.2 Å². The van der Waals surface area contributed by atoms with Gasteiger partial charge in [0.05, 0.1) is 6.10 Å². The third kappa shape index (κ3) is 3.69. The van der Waals surface area contributed by atoms with E-state index in [0.717, 1.165) is 25.1 Å². The van der Waals surface area contributed by atoms with Gasteiger partial charge >= 0.3 is 0 Å². The molecule has 0 aromatic rings. The van der Waals surface area contributed by atoms with E-state index < -0.39 is 0 Å². The Hall–Kier alpha value is -0.120. The fourth-order valence-electron chi connectivity index (χ4n) is 3.25. The minimum absolute atomic E-state index is 0.525. The summed E-state index contributed by atoms with van der Waals surface area (Å²) in [7, 11) is 0. The minimum atomic E-state index is 0.525. The highest BCUT2D eigenvalue weighted by Crippen LogP contribution is 2.24. The molecule has 1 aliphatic carbocycles. The zero-order valence-corrected chi connectivity index (χ0v) is 12.3. The molecular formula is C15H30N2O. The van der Waals surface area contributed by atoms with Crippen molar-refractivity contribution in [2.24, 2.45) is 5.92 Å². The summed E-state index contributed by atoms with van der Waals surface area (Å²) >= 11 is 0. The Morgan fingerprint density at radius 2 is 1.89 bits per heavy atom. The first-order chi connectivity index (χ1) is 8.70. The Labute approximate surface area is 112 Å². The van der Waals surface area contributed by atoms with Crippen LogP contribution in [0, 0.1) is 5.92 Å². The van der Waals surface area contributed by atoms with E-state index in [9.17, 15) is 0 Å². The first-order valence-corrected chi connectivity index (χ1v) is 7.79. The van der Waals surface area contributed by atoms with E-state index >= 15 is 0 Å². The summed E-state index contributed by atoms with van der Waals surface area (Å²) < 4.78 is 5.61. The highest BCUT2D eigenvalue weighted by molar-refractivity contribution is 4.89. The molecule has 106 valence electrons. The standard InChI is InChI=1S/C15H30N2O/c1-4-18-14-9-13(10-14)16-11-15(12(2)3)17-7-5-6-8-17/h12-16H,4-11H2,1-3H3. The number of likely N-dealkylation sites (tertiary alicyclic amines) is 1. The summed E-state index contributed by atoms with van der Waals surface area (Å²) in [6, 6.07) is 1.42. The van der Waals surface area contributed by atoms with Gasteiger partial charge in [0.15, 0.2) is 0 Å². The summed E-state index contributed by atoms with van der Waals surface area (Å²) in [6.45, 7) is 11.4. The van der Waals surface area contributed by atoms with E-state index in [1.54, 1.807) is 0 Å². The molecule has 1 saturated carbocycles. The third-order valence-electron chi connectivity index (χ3n) is 4.49. The maximum atomic E-state index is 5.61. The van der Waals surface area contributed by atoms with Crippen molar-refractivity contribution in [3.05, 3.63) is 0 Å². The SMILES string of the molecule is CCOC1CC(NCC(C(C)C)N2CCCC2)C1. The lowest BCUT2D eigenvalue weighted by atomic mass is 9.88. The average molecular weight is 254 g/mol. The summed E-state index contributed by atoms with van der Waals surface area (Å²) in [4.78, 5) is 2.68. The van der Waals surface area contributed by atoms with Gasteiger partial charge in [0.2, 0.25) is 0 Å². The number of hydrogen-bond acceptors (Lipinski definition) is 3. The second kappa shape index (κ2) is 6.88. The average Bonchev–Trinajstić information content (AvgIpc) is 2.78. The van der Waals surface area contributed by atoms with Gasteiger partial charge in [-0.3, -0.25) is 4.90 Å². The number of rotatable bonds is 7. The van der Waals surface area contributed by atoms with Crippen LogP contribution in [0.25, 0.3) is 0 Å². The first kappa shape index (κ1) is 14.3. The normalized spacial score (nSPS) is 30.7. The molecule has 1 saturated heterocycles. The van der Waals surface area contributed by atoms with Gasteiger partial charge in [-0.05, 0) is 51.6 Å². The van der Waals surface area contributed by atoms with Crippen molar-refractivity contribution in [2.45, 2.75) is 64.6 Å². The molecule has 3 heteroatoms. The van der Waals surface area contributed by atoms with E-state index in [1.165, 1.54) is 38.8 Å². The molecule has 18 heavy (non-hydrogen) atoms. The van der Waals surface area contributed by atoms with Crippen LogP contribution >= 0.6 is 0 Å². The van der Waals surface area contributed by atoms with Crippen molar-refractivity contribution < 1.29 is 4.74 Å². The van der Waals surface area contributed by atoms with Gasteiger partial charge in [-0.2, -0.15) is 0 Å². The molecule has 2 fully saturated rings. The molecule has 0 bridgehead atoms. The van der Waals surface area contributed by atoms with Gasteiger partial charge in [-0.25, -0.2) is 0 Å². The number of ether oxygens (including phenoxy) is 1. The highest BCUT2D eigenvalue weighted by atomic mass is 16.5. The zero-order chi connectivity index (χ0) is 13.0. The Kier molecular flexibility index (Phi) is 5.46. The molecule has 0 amide bonds. The maximum Gasteiger partial charge on any atom is 0.0604 e. The smallest absolute Gasteiger partial charge is 0.0604 e. The molecule has 2 rings (SSSR count). The quantitative estimate of drug-likeness (QED) is 0.754. The molecule has 3 nitrogen and oxygen atoms in total. The monoisotopic (exact) mass is 254 g/mol. The van der Waals surface area contributed by atoms with Crippen LogP contribution in [0.4, 0.5) is 0 Å². The van der Waals surface area contributed by atoms with Gasteiger partial charge in [0.1, 0.15) is 0 Å². The number of hydrogen-bond donors (Lipinski definition) is 1. The molecular weight excluding hydrogens is 224 g/mol. The Bertz CT molecular complexity index is 233. The Morgan fingerprint density at radius 1 is 1.22 bits per heavy atom. The third-order valence-corrected chi connectivity index (χ3v) is 4.49. The van der Waals surface area contributed by atoms with E-state index in [4.69, 9.17) is 4.74 Å². The number of nitrogens with zero attached hydrogens (tertiary/aromatic N) is 1. The van der Waals surface area contributed by atoms with Gasteiger partial charge in [0, 0.05) is 25.2 Å². The van der Waals surface area contributed by atoms with Gasteiger partial charge in [-0.15, -0.1) is 0 Å². The van der Waals surface area contributed by atoms with Gasteiger partial charge < -0.3 is 10.1 Å². The second-order valence-corrected chi connectivity index (χ2v) is 6.21. The molecule has 1 atom stereocenters. The Morgan fingerprint density at radius 3 is 2.44 bits per heavy atom.